The Morgan fingerprint density at radius 2 is 1.94 bits per heavy atom. The maximum atomic E-state index is 11.0. The van der Waals surface area contributed by atoms with Gasteiger partial charge in [-0.1, -0.05) is 36.8 Å². The third kappa shape index (κ3) is 5.29. The minimum atomic E-state index is -0.507. The van der Waals surface area contributed by atoms with E-state index < -0.39 is 6.10 Å². The highest BCUT2D eigenvalue weighted by molar-refractivity contribution is 5.75. The zero-order chi connectivity index (χ0) is 13.4. The molecule has 4 heteroatoms. The molecule has 100 valence electrons. The molecular formula is C14H22N2O2. The highest BCUT2D eigenvalue weighted by Gasteiger charge is 2.06. The summed E-state index contributed by atoms with van der Waals surface area (Å²) in [4.78, 5) is 11.0. The fourth-order valence-corrected chi connectivity index (χ4v) is 1.56. The molecule has 1 unspecified atom stereocenters. The molecule has 0 aliphatic carbocycles. The van der Waals surface area contributed by atoms with Crippen molar-refractivity contribution < 1.29 is 9.90 Å². The van der Waals surface area contributed by atoms with E-state index in [0.29, 0.717) is 26.1 Å². The van der Waals surface area contributed by atoms with Gasteiger partial charge in [0.05, 0.1) is 6.10 Å². The van der Waals surface area contributed by atoms with Crippen molar-refractivity contribution in [2.24, 2.45) is 0 Å². The van der Waals surface area contributed by atoms with Gasteiger partial charge in [0.25, 0.3) is 0 Å². The summed E-state index contributed by atoms with van der Waals surface area (Å²) < 4.78 is 0. The highest BCUT2D eigenvalue weighted by atomic mass is 16.3. The molecule has 0 aliphatic heterocycles. The van der Waals surface area contributed by atoms with Gasteiger partial charge in [0.15, 0.2) is 0 Å². The van der Waals surface area contributed by atoms with Gasteiger partial charge in [0, 0.05) is 26.1 Å². The van der Waals surface area contributed by atoms with Crippen LogP contribution in [0.5, 0.6) is 0 Å². The molecule has 0 aliphatic rings. The van der Waals surface area contributed by atoms with Crippen molar-refractivity contribution in [1.29, 1.82) is 0 Å². The fourth-order valence-electron chi connectivity index (χ4n) is 1.56. The Kier molecular flexibility index (Phi) is 6.39. The first kappa shape index (κ1) is 14.7. The van der Waals surface area contributed by atoms with E-state index in [1.807, 2.05) is 38.1 Å². The summed E-state index contributed by atoms with van der Waals surface area (Å²) in [5.74, 6) is 0.0517. The van der Waals surface area contributed by atoms with E-state index in [4.69, 9.17) is 0 Å². The maximum absolute atomic E-state index is 11.0. The molecule has 18 heavy (non-hydrogen) atoms. The van der Waals surface area contributed by atoms with Crippen LogP contribution in [0.1, 0.15) is 30.6 Å². The fraction of sp³-hybridized carbons (Fsp3) is 0.500. The Morgan fingerprint density at radius 1 is 1.28 bits per heavy atom. The minimum Gasteiger partial charge on any atom is -0.387 e. The second-order valence-electron chi connectivity index (χ2n) is 4.33. The number of carbonyl (C=O) groups is 1. The standard InChI is InChI=1S/C14H22N2O2/c1-3-14(18)16-9-8-15-10-13(17)12-6-4-11(2)5-7-12/h4-7,13,15,17H,3,8-10H2,1-2H3,(H,16,18). The summed E-state index contributed by atoms with van der Waals surface area (Å²) in [7, 11) is 0. The monoisotopic (exact) mass is 250 g/mol. The van der Waals surface area contributed by atoms with Gasteiger partial charge in [-0.3, -0.25) is 4.79 Å². The van der Waals surface area contributed by atoms with Crippen molar-refractivity contribution in [3.63, 3.8) is 0 Å². The normalized spacial score (nSPS) is 12.2. The van der Waals surface area contributed by atoms with Gasteiger partial charge in [-0.15, -0.1) is 0 Å². The zero-order valence-corrected chi connectivity index (χ0v) is 11.1. The first-order valence-corrected chi connectivity index (χ1v) is 6.35. The van der Waals surface area contributed by atoms with Gasteiger partial charge < -0.3 is 15.7 Å². The van der Waals surface area contributed by atoms with E-state index in [9.17, 15) is 9.90 Å². The lowest BCUT2D eigenvalue weighted by Gasteiger charge is -2.12. The molecule has 0 saturated carbocycles. The third-order valence-corrected chi connectivity index (χ3v) is 2.74. The Labute approximate surface area is 108 Å². The van der Waals surface area contributed by atoms with Crippen LogP contribution in [0.25, 0.3) is 0 Å². The van der Waals surface area contributed by atoms with Crippen molar-refractivity contribution in [3.05, 3.63) is 35.4 Å². The van der Waals surface area contributed by atoms with Gasteiger partial charge in [-0.25, -0.2) is 0 Å². The molecule has 0 aromatic heterocycles. The molecular weight excluding hydrogens is 228 g/mol. The maximum Gasteiger partial charge on any atom is 0.219 e. The van der Waals surface area contributed by atoms with E-state index in [-0.39, 0.29) is 5.91 Å². The van der Waals surface area contributed by atoms with Gasteiger partial charge in [-0.2, -0.15) is 0 Å². The van der Waals surface area contributed by atoms with Crippen LogP contribution in [0.15, 0.2) is 24.3 Å². The number of aliphatic hydroxyl groups is 1. The summed E-state index contributed by atoms with van der Waals surface area (Å²) in [5, 5.41) is 15.8. The van der Waals surface area contributed by atoms with Crippen LogP contribution in [0.2, 0.25) is 0 Å². The van der Waals surface area contributed by atoms with Crippen LogP contribution in [0.3, 0.4) is 0 Å². The van der Waals surface area contributed by atoms with Gasteiger partial charge in [0.1, 0.15) is 0 Å². The lowest BCUT2D eigenvalue weighted by Crippen LogP contribution is -2.33. The molecule has 0 saturated heterocycles. The van der Waals surface area contributed by atoms with Gasteiger partial charge in [-0.05, 0) is 12.5 Å². The van der Waals surface area contributed by atoms with Crippen LogP contribution in [-0.4, -0.2) is 30.6 Å². The van der Waals surface area contributed by atoms with Crippen molar-refractivity contribution in [1.82, 2.24) is 10.6 Å². The second-order valence-corrected chi connectivity index (χ2v) is 4.33. The number of aryl methyl sites for hydroxylation is 1. The summed E-state index contributed by atoms with van der Waals surface area (Å²) in [6, 6.07) is 7.83. The Balaban J connectivity index is 2.19. The average molecular weight is 250 g/mol. The molecule has 1 amide bonds. The Bertz CT molecular complexity index is 363. The van der Waals surface area contributed by atoms with Gasteiger partial charge in [0.2, 0.25) is 5.91 Å². The molecule has 3 N–H and O–H groups in total. The minimum absolute atomic E-state index is 0.0517. The number of hydrogen-bond donors (Lipinski definition) is 3. The highest BCUT2D eigenvalue weighted by Crippen LogP contribution is 2.12. The number of carbonyl (C=O) groups excluding carboxylic acids is 1. The molecule has 0 fully saturated rings. The van der Waals surface area contributed by atoms with Crippen molar-refractivity contribution in [2.45, 2.75) is 26.4 Å². The second kappa shape index (κ2) is 7.84. The molecule has 0 radical (unpaired) electrons. The molecule has 1 aromatic rings. The molecule has 0 bridgehead atoms. The van der Waals surface area contributed by atoms with Crippen LogP contribution in [-0.2, 0) is 4.79 Å². The number of nitrogens with one attached hydrogen (secondary N) is 2. The van der Waals surface area contributed by atoms with Crippen LogP contribution in [0, 0.1) is 6.92 Å². The molecule has 1 rings (SSSR count). The molecule has 0 heterocycles. The van der Waals surface area contributed by atoms with E-state index in [1.165, 1.54) is 5.56 Å². The quantitative estimate of drug-likeness (QED) is 0.636. The van der Waals surface area contributed by atoms with E-state index in [0.717, 1.165) is 5.56 Å². The van der Waals surface area contributed by atoms with Crippen molar-refractivity contribution in [3.8, 4) is 0 Å². The van der Waals surface area contributed by atoms with Crippen molar-refractivity contribution in [2.75, 3.05) is 19.6 Å². The summed E-state index contributed by atoms with van der Waals surface area (Å²) in [6.45, 7) is 5.59. The smallest absolute Gasteiger partial charge is 0.219 e. The zero-order valence-electron chi connectivity index (χ0n) is 11.1. The Morgan fingerprint density at radius 3 is 2.56 bits per heavy atom. The van der Waals surface area contributed by atoms with Crippen LogP contribution in [0.4, 0.5) is 0 Å². The number of hydrogen-bond acceptors (Lipinski definition) is 3. The van der Waals surface area contributed by atoms with Gasteiger partial charge >= 0.3 is 0 Å². The summed E-state index contributed by atoms with van der Waals surface area (Å²) in [6.07, 6.45) is -0.00102. The number of aliphatic hydroxyl groups excluding tert-OH is 1. The number of benzene rings is 1. The third-order valence-electron chi connectivity index (χ3n) is 2.74. The molecule has 0 spiro atoms. The Hall–Kier alpha value is -1.39. The largest absolute Gasteiger partial charge is 0.387 e. The number of rotatable bonds is 7. The predicted octanol–water partition coefficient (Wildman–Crippen LogP) is 1.14. The lowest BCUT2D eigenvalue weighted by atomic mass is 10.1. The summed E-state index contributed by atoms with van der Waals surface area (Å²) >= 11 is 0. The molecule has 1 aromatic carbocycles. The SMILES string of the molecule is CCC(=O)NCCNCC(O)c1ccc(C)cc1. The summed E-state index contributed by atoms with van der Waals surface area (Å²) in [5.41, 5.74) is 2.09. The topological polar surface area (TPSA) is 61.4 Å². The number of amides is 1. The molecule has 1 atom stereocenters. The van der Waals surface area contributed by atoms with Crippen LogP contribution >= 0.6 is 0 Å². The average Bonchev–Trinajstić information content (AvgIpc) is 2.38. The van der Waals surface area contributed by atoms with E-state index in [2.05, 4.69) is 10.6 Å². The molecule has 4 nitrogen and oxygen atoms in total. The van der Waals surface area contributed by atoms with Crippen LogP contribution < -0.4 is 10.6 Å². The predicted molar refractivity (Wildman–Crippen MR) is 72.3 cm³/mol. The van der Waals surface area contributed by atoms with Crippen molar-refractivity contribution >= 4 is 5.91 Å². The lowest BCUT2D eigenvalue weighted by molar-refractivity contribution is -0.120. The first-order valence-electron chi connectivity index (χ1n) is 6.35. The van der Waals surface area contributed by atoms with E-state index in [1.54, 1.807) is 0 Å². The van der Waals surface area contributed by atoms with E-state index >= 15 is 0 Å². The first-order chi connectivity index (χ1) is 8.63.